The molecule has 0 aromatic carbocycles. The van der Waals surface area contributed by atoms with E-state index in [0.29, 0.717) is 12.2 Å². The molecule has 0 aliphatic rings. The van der Waals surface area contributed by atoms with Gasteiger partial charge in [-0.2, -0.15) is 5.10 Å². The van der Waals surface area contributed by atoms with Crippen LogP contribution in [0.3, 0.4) is 0 Å². The molecule has 2 aromatic heterocycles. The van der Waals surface area contributed by atoms with Gasteiger partial charge in [0.25, 0.3) is 10.0 Å². The SMILES string of the molecule is CCNCc1cc(S(=O)(=O)Nc2cn[nH]c2)cn1C(C)C. The lowest BCUT2D eigenvalue weighted by Gasteiger charge is -2.12. The lowest BCUT2D eigenvalue weighted by Crippen LogP contribution is -2.15. The Hall–Kier alpha value is -1.80. The molecule has 0 saturated heterocycles. The van der Waals surface area contributed by atoms with Crippen molar-refractivity contribution in [3.05, 3.63) is 30.4 Å². The van der Waals surface area contributed by atoms with Crippen molar-refractivity contribution in [2.24, 2.45) is 0 Å². The summed E-state index contributed by atoms with van der Waals surface area (Å²) in [6.07, 6.45) is 4.59. The molecule has 0 bridgehead atoms. The Morgan fingerprint density at radius 2 is 2.19 bits per heavy atom. The lowest BCUT2D eigenvalue weighted by atomic mass is 10.3. The molecule has 0 spiro atoms. The minimum absolute atomic E-state index is 0.191. The number of rotatable bonds is 7. The molecular formula is C13H21N5O2S. The lowest BCUT2D eigenvalue weighted by molar-refractivity contribution is 0.555. The van der Waals surface area contributed by atoms with Crippen molar-refractivity contribution in [3.63, 3.8) is 0 Å². The average Bonchev–Trinajstić information content (AvgIpc) is 3.04. The average molecular weight is 311 g/mol. The number of sulfonamides is 1. The number of aromatic amines is 1. The molecule has 21 heavy (non-hydrogen) atoms. The fourth-order valence-corrected chi connectivity index (χ4v) is 3.12. The third-order valence-corrected chi connectivity index (χ3v) is 4.43. The minimum atomic E-state index is -3.60. The molecule has 0 saturated carbocycles. The Kier molecular flexibility index (Phi) is 4.69. The highest BCUT2D eigenvalue weighted by Crippen LogP contribution is 2.21. The van der Waals surface area contributed by atoms with Gasteiger partial charge in [0, 0.05) is 30.7 Å². The number of hydrogen-bond donors (Lipinski definition) is 3. The molecule has 0 aliphatic carbocycles. The standard InChI is InChI=1S/C13H21N5O2S/c1-4-14-8-12-5-13(9-18(12)10(2)3)21(19,20)17-11-6-15-16-7-11/h5-7,9-10,14,17H,4,8H2,1-3H3,(H,15,16). The quantitative estimate of drug-likeness (QED) is 0.726. The number of aromatic nitrogens is 3. The van der Waals surface area contributed by atoms with E-state index in [4.69, 9.17) is 0 Å². The van der Waals surface area contributed by atoms with Crippen molar-refractivity contribution < 1.29 is 8.42 Å². The molecule has 8 heteroatoms. The third-order valence-electron chi connectivity index (χ3n) is 3.08. The summed E-state index contributed by atoms with van der Waals surface area (Å²) < 4.78 is 29.2. The largest absolute Gasteiger partial charge is 0.346 e. The smallest absolute Gasteiger partial charge is 0.263 e. The summed E-state index contributed by atoms with van der Waals surface area (Å²) >= 11 is 0. The van der Waals surface area contributed by atoms with E-state index < -0.39 is 10.0 Å². The predicted octanol–water partition coefficient (Wildman–Crippen LogP) is 1.70. The maximum Gasteiger partial charge on any atom is 0.263 e. The summed E-state index contributed by atoms with van der Waals surface area (Å²) in [5.41, 5.74) is 1.36. The number of anilines is 1. The van der Waals surface area contributed by atoms with Gasteiger partial charge in [0.15, 0.2) is 0 Å². The molecule has 3 N–H and O–H groups in total. The molecule has 7 nitrogen and oxygen atoms in total. The fraction of sp³-hybridized carbons (Fsp3) is 0.462. The van der Waals surface area contributed by atoms with Gasteiger partial charge in [-0.25, -0.2) is 8.42 Å². The van der Waals surface area contributed by atoms with Gasteiger partial charge in [-0.05, 0) is 26.5 Å². The van der Waals surface area contributed by atoms with Crippen LogP contribution in [-0.4, -0.2) is 29.7 Å². The Bertz CT molecular complexity index is 673. The Morgan fingerprint density at radius 3 is 2.76 bits per heavy atom. The molecule has 116 valence electrons. The Labute approximate surface area is 124 Å². The summed E-state index contributed by atoms with van der Waals surface area (Å²) in [5, 5.41) is 9.52. The second-order valence-corrected chi connectivity index (χ2v) is 6.72. The van der Waals surface area contributed by atoms with Gasteiger partial charge in [-0.1, -0.05) is 6.92 Å². The van der Waals surface area contributed by atoms with Crippen LogP contribution in [0, 0.1) is 0 Å². The fourth-order valence-electron chi connectivity index (χ4n) is 2.04. The molecule has 2 rings (SSSR count). The summed E-state index contributed by atoms with van der Waals surface area (Å²) in [4.78, 5) is 0.255. The molecule has 2 heterocycles. The zero-order valence-corrected chi connectivity index (χ0v) is 13.2. The third kappa shape index (κ3) is 3.64. The maximum absolute atomic E-state index is 12.4. The molecule has 0 unspecified atom stereocenters. The molecule has 0 amide bonds. The van der Waals surface area contributed by atoms with Crippen molar-refractivity contribution in [3.8, 4) is 0 Å². The summed E-state index contributed by atoms with van der Waals surface area (Å²) in [5.74, 6) is 0. The predicted molar refractivity (Wildman–Crippen MR) is 81.6 cm³/mol. The van der Waals surface area contributed by atoms with Crippen molar-refractivity contribution in [1.82, 2.24) is 20.1 Å². The molecule has 0 atom stereocenters. The number of H-pyrrole nitrogens is 1. The van der Waals surface area contributed by atoms with Gasteiger partial charge in [-0.15, -0.1) is 0 Å². The van der Waals surface area contributed by atoms with E-state index in [0.717, 1.165) is 12.2 Å². The highest BCUT2D eigenvalue weighted by molar-refractivity contribution is 7.92. The van der Waals surface area contributed by atoms with E-state index >= 15 is 0 Å². The molecule has 0 aliphatic heterocycles. The van der Waals surface area contributed by atoms with Crippen LogP contribution in [0.1, 0.15) is 32.5 Å². The summed E-state index contributed by atoms with van der Waals surface area (Å²) in [6.45, 7) is 7.53. The zero-order valence-electron chi connectivity index (χ0n) is 12.4. The van der Waals surface area contributed by atoms with E-state index in [9.17, 15) is 8.42 Å². The molecular weight excluding hydrogens is 290 g/mol. The van der Waals surface area contributed by atoms with Crippen LogP contribution in [0.2, 0.25) is 0 Å². The molecule has 0 radical (unpaired) electrons. The van der Waals surface area contributed by atoms with E-state index in [1.54, 1.807) is 12.3 Å². The van der Waals surface area contributed by atoms with Crippen molar-refractivity contribution in [2.75, 3.05) is 11.3 Å². The topological polar surface area (TPSA) is 91.8 Å². The first-order valence-electron chi connectivity index (χ1n) is 6.87. The van der Waals surface area contributed by atoms with Gasteiger partial charge >= 0.3 is 0 Å². The number of nitrogens with one attached hydrogen (secondary N) is 3. The van der Waals surface area contributed by atoms with E-state index in [1.165, 1.54) is 12.4 Å². The van der Waals surface area contributed by atoms with Gasteiger partial charge in [0.05, 0.1) is 11.9 Å². The molecule has 0 fully saturated rings. The first kappa shape index (κ1) is 15.6. The van der Waals surface area contributed by atoms with Crippen LogP contribution in [-0.2, 0) is 16.6 Å². The second-order valence-electron chi connectivity index (χ2n) is 5.04. The van der Waals surface area contributed by atoms with Crippen LogP contribution in [0.5, 0.6) is 0 Å². The van der Waals surface area contributed by atoms with Crippen molar-refractivity contribution in [1.29, 1.82) is 0 Å². The minimum Gasteiger partial charge on any atom is -0.346 e. The summed E-state index contributed by atoms with van der Waals surface area (Å²) in [7, 11) is -3.60. The Morgan fingerprint density at radius 1 is 1.43 bits per heavy atom. The number of hydrogen-bond acceptors (Lipinski definition) is 4. The highest BCUT2D eigenvalue weighted by Gasteiger charge is 2.19. The van der Waals surface area contributed by atoms with E-state index in [1.807, 2.05) is 25.3 Å². The van der Waals surface area contributed by atoms with Crippen LogP contribution >= 0.6 is 0 Å². The van der Waals surface area contributed by atoms with Crippen LogP contribution in [0.4, 0.5) is 5.69 Å². The second kappa shape index (κ2) is 6.31. The van der Waals surface area contributed by atoms with Crippen molar-refractivity contribution >= 4 is 15.7 Å². The van der Waals surface area contributed by atoms with Gasteiger partial charge in [0.2, 0.25) is 0 Å². The first-order chi connectivity index (χ1) is 9.94. The van der Waals surface area contributed by atoms with Crippen molar-refractivity contribution in [2.45, 2.75) is 38.3 Å². The molecule has 2 aromatic rings. The van der Waals surface area contributed by atoms with Crippen LogP contribution < -0.4 is 10.0 Å². The monoisotopic (exact) mass is 311 g/mol. The summed E-state index contributed by atoms with van der Waals surface area (Å²) in [6, 6.07) is 1.89. The van der Waals surface area contributed by atoms with Gasteiger partial charge < -0.3 is 9.88 Å². The van der Waals surface area contributed by atoms with Crippen LogP contribution in [0.25, 0.3) is 0 Å². The van der Waals surface area contributed by atoms with E-state index in [2.05, 4.69) is 20.2 Å². The zero-order chi connectivity index (χ0) is 15.5. The first-order valence-corrected chi connectivity index (χ1v) is 8.35. The van der Waals surface area contributed by atoms with E-state index in [-0.39, 0.29) is 10.9 Å². The Balaban J connectivity index is 2.30. The van der Waals surface area contributed by atoms with Gasteiger partial charge in [-0.3, -0.25) is 9.82 Å². The van der Waals surface area contributed by atoms with Crippen LogP contribution in [0.15, 0.2) is 29.6 Å². The maximum atomic E-state index is 12.4. The number of nitrogens with zero attached hydrogens (tertiary/aromatic N) is 2. The van der Waals surface area contributed by atoms with Gasteiger partial charge in [0.1, 0.15) is 4.90 Å². The normalized spacial score (nSPS) is 12.0. The highest BCUT2D eigenvalue weighted by atomic mass is 32.2.